The molecule has 0 unspecified atom stereocenters. The van der Waals surface area contributed by atoms with E-state index in [2.05, 4.69) is 15.4 Å². The van der Waals surface area contributed by atoms with Crippen molar-refractivity contribution >= 4 is 34.2 Å². The van der Waals surface area contributed by atoms with Crippen molar-refractivity contribution in [2.24, 2.45) is 7.05 Å². The number of carbonyl (C=O) groups excluding carboxylic acids is 1. The summed E-state index contributed by atoms with van der Waals surface area (Å²) >= 11 is 6.05. The van der Waals surface area contributed by atoms with Crippen LogP contribution in [0.25, 0.3) is 11.0 Å². The number of aromatic nitrogens is 3. The zero-order valence-corrected chi connectivity index (χ0v) is 15.1. The van der Waals surface area contributed by atoms with Gasteiger partial charge in [-0.2, -0.15) is 5.10 Å². The molecular weight excluding hydrogens is 340 g/mol. The molecule has 0 saturated heterocycles. The van der Waals surface area contributed by atoms with Gasteiger partial charge in [-0.15, -0.1) is 0 Å². The number of fused-ring (bicyclic) bond motifs is 1. The van der Waals surface area contributed by atoms with E-state index in [1.54, 1.807) is 28.9 Å². The number of halogens is 1. The van der Waals surface area contributed by atoms with Gasteiger partial charge in [0.05, 0.1) is 23.6 Å². The number of nitrogens with zero attached hydrogens (tertiary/aromatic N) is 3. The Balaban J connectivity index is 1.89. The van der Waals surface area contributed by atoms with E-state index < -0.39 is 0 Å². The van der Waals surface area contributed by atoms with Crippen LogP contribution in [0.5, 0.6) is 5.75 Å². The number of carbonyl (C=O) groups is 1. The van der Waals surface area contributed by atoms with Gasteiger partial charge < -0.3 is 10.1 Å². The maximum Gasteiger partial charge on any atom is 0.257 e. The van der Waals surface area contributed by atoms with Crippen LogP contribution in [0.15, 0.2) is 30.5 Å². The quantitative estimate of drug-likeness (QED) is 0.749. The van der Waals surface area contributed by atoms with Gasteiger partial charge in [-0.05, 0) is 37.6 Å². The highest BCUT2D eigenvalue weighted by Crippen LogP contribution is 2.29. The number of pyridine rings is 1. The lowest BCUT2D eigenvalue weighted by molar-refractivity contribution is 0.102. The molecule has 0 atom stereocenters. The molecule has 1 amide bonds. The first-order valence-electron chi connectivity index (χ1n) is 8.02. The molecule has 0 aliphatic rings. The van der Waals surface area contributed by atoms with Crippen molar-refractivity contribution in [1.82, 2.24) is 14.8 Å². The molecule has 2 aromatic heterocycles. The van der Waals surface area contributed by atoms with Crippen LogP contribution in [0, 0.1) is 6.92 Å². The van der Waals surface area contributed by atoms with Crippen molar-refractivity contribution in [3.8, 4) is 5.75 Å². The molecular formula is C18H19ClN4O2. The summed E-state index contributed by atoms with van der Waals surface area (Å²) in [7, 11) is 1.82. The molecule has 0 radical (unpaired) electrons. The second kappa shape index (κ2) is 7.11. The second-order valence-electron chi connectivity index (χ2n) is 5.75. The molecule has 0 spiro atoms. The predicted octanol–water partition coefficient (Wildman–Crippen LogP) is 3.97. The predicted molar refractivity (Wildman–Crippen MR) is 98.4 cm³/mol. The first kappa shape index (κ1) is 17.2. The van der Waals surface area contributed by atoms with Crippen LogP contribution in [0.2, 0.25) is 5.02 Å². The van der Waals surface area contributed by atoms with Crippen LogP contribution in [0.1, 0.15) is 29.4 Å². The fraction of sp³-hybridized carbons (Fsp3) is 0.278. The maximum absolute atomic E-state index is 12.6. The summed E-state index contributed by atoms with van der Waals surface area (Å²) < 4.78 is 7.36. The molecule has 0 aliphatic heterocycles. The van der Waals surface area contributed by atoms with E-state index in [0.717, 1.165) is 23.1 Å². The highest BCUT2D eigenvalue weighted by atomic mass is 35.5. The molecule has 130 valence electrons. The smallest absolute Gasteiger partial charge is 0.257 e. The number of anilines is 1. The topological polar surface area (TPSA) is 69.0 Å². The van der Waals surface area contributed by atoms with Gasteiger partial charge in [-0.25, -0.2) is 4.98 Å². The van der Waals surface area contributed by atoms with Crippen molar-refractivity contribution in [3.05, 3.63) is 46.7 Å². The van der Waals surface area contributed by atoms with Gasteiger partial charge in [0.2, 0.25) is 0 Å². The number of ether oxygens (including phenoxy) is 1. The fourth-order valence-electron chi connectivity index (χ4n) is 2.56. The molecule has 0 fully saturated rings. The Morgan fingerprint density at radius 2 is 2.16 bits per heavy atom. The lowest BCUT2D eigenvalue weighted by atomic mass is 10.2. The molecule has 1 N–H and O–H groups in total. The third kappa shape index (κ3) is 3.58. The van der Waals surface area contributed by atoms with Crippen molar-refractivity contribution < 1.29 is 9.53 Å². The Hall–Kier alpha value is -2.60. The second-order valence-corrected chi connectivity index (χ2v) is 6.18. The maximum atomic E-state index is 12.6. The summed E-state index contributed by atoms with van der Waals surface area (Å²) in [5.41, 5.74) is 2.55. The van der Waals surface area contributed by atoms with Crippen molar-refractivity contribution in [3.63, 3.8) is 0 Å². The minimum Gasteiger partial charge on any atom is -0.491 e. The van der Waals surface area contributed by atoms with E-state index in [0.29, 0.717) is 28.6 Å². The minimum atomic E-state index is -0.277. The Kier molecular flexibility index (Phi) is 4.90. The van der Waals surface area contributed by atoms with Crippen LogP contribution in [-0.2, 0) is 7.05 Å². The van der Waals surface area contributed by atoms with Crippen molar-refractivity contribution in [1.29, 1.82) is 0 Å². The highest BCUT2D eigenvalue weighted by Gasteiger charge is 2.14. The molecule has 6 nitrogen and oxygen atoms in total. The van der Waals surface area contributed by atoms with Crippen LogP contribution in [0.4, 0.5) is 5.69 Å². The summed E-state index contributed by atoms with van der Waals surface area (Å²) in [6.07, 6.45) is 2.41. The first-order valence-corrected chi connectivity index (χ1v) is 8.40. The standard InChI is InChI=1S/C18H19ClN4O2/c1-4-7-25-16-6-5-13(19)9-15(16)21-18(24)12-8-14-11(2)22-23(3)17(14)20-10-12/h5-6,8-10H,4,7H2,1-3H3,(H,21,24). The summed E-state index contributed by atoms with van der Waals surface area (Å²) in [5, 5.41) is 8.55. The van der Waals surface area contributed by atoms with Crippen molar-refractivity contribution in [2.45, 2.75) is 20.3 Å². The molecule has 3 aromatic rings. The van der Waals surface area contributed by atoms with E-state index in [1.165, 1.54) is 6.20 Å². The van der Waals surface area contributed by atoms with Gasteiger partial charge in [-0.3, -0.25) is 9.48 Å². The van der Waals surface area contributed by atoms with Gasteiger partial charge in [0.15, 0.2) is 5.65 Å². The number of nitrogens with one attached hydrogen (secondary N) is 1. The number of hydrogen-bond acceptors (Lipinski definition) is 4. The third-order valence-corrected chi connectivity index (χ3v) is 4.01. The Bertz CT molecular complexity index is 936. The molecule has 7 heteroatoms. The molecule has 0 saturated carbocycles. The summed E-state index contributed by atoms with van der Waals surface area (Å²) in [5.74, 6) is 0.312. The number of benzene rings is 1. The lowest BCUT2D eigenvalue weighted by Crippen LogP contribution is -2.13. The van der Waals surface area contributed by atoms with Gasteiger partial charge in [0.1, 0.15) is 5.75 Å². The summed E-state index contributed by atoms with van der Waals surface area (Å²) in [6, 6.07) is 6.94. The number of aryl methyl sites for hydroxylation is 2. The van der Waals surface area contributed by atoms with Crippen molar-refractivity contribution in [2.75, 3.05) is 11.9 Å². The molecule has 2 heterocycles. The molecule has 0 aliphatic carbocycles. The Morgan fingerprint density at radius 1 is 1.36 bits per heavy atom. The molecule has 3 rings (SSSR count). The van der Waals surface area contributed by atoms with Gasteiger partial charge in [0, 0.05) is 23.7 Å². The molecule has 0 bridgehead atoms. The van der Waals surface area contributed by atoms with E-state index >= 15 is 0 Å². The van der Waals surface area contributed by atoms with Crippen LogP contribution < -0.4 is 10.1 Å². The largest absolute Gasteiger partial charge is 0.491 e. The van der Waals surface area contributed by atoms with Gasteiger partial charge >= 0.3 is 0 Å². The fourth-order valence-corrected chi connectivity index (χ4v) is 2.74. The monoisotopic (exact) mass is 358 g/mol. The number of amides is 1. The van der Waals surface area contributed by atoms with Gasteiger partial charge in [0.25, 0.3) is 5.91 Å². The Labute approximate surface area is 150 Å². The summed E-state index contributed by atoms with van der Waals surface area (Å²) in [4.78, 5) is 17.0. The zero-order valence-electron chi connectivity index (χ0n) is 14.3. The SMILES string of the molecule is CCCOc1ccc(Cl)cc1NC(=O)c1cnc2c(c1)c(C)nn2C. The van der Waals surface area contributed by atoms with Gasteiger partial charge in [-0.1, -0.05) is 18.5 Å². The molecule has 25 heavy (non-hydrogen) atoms. The van der Waals surface area contributed by atoms with Crippen LogP contribution in [0.3, 0.4) is 0 Å². The normalized spacial score (nSPS) is 10.9. The van der Waals surface area contributed by atoms with E-state index in [4.69, 9.17) is 16.3 Å². The summed E-state index contributed by atoms with van der Waals surface area (Å²) in [6.45, 7) is 4.47. The van der Waals surface area contributed by atoms with E-state index in [1.807, 2.05) is 20.9 Å². The van der Waals surface area contributed by atoms with Crippen LogP contribution >= 0.6 is 11.6 Å². The highest BCUT2D eigenvalue weighted by molar-refractivity contribution is 6.31. The average molecular weight is 359 g/mol. The third-order valence-electron chi connectivity index (χ3n) is 3.78. The first-order chi connectivity index (χ1) is 12.0. The Morgan fingerprint density at radius 3 is 2.92 bits per heavy atom. The lowest BCUT2D eigenvalue weighted by Gasteiger charge is -2.12. The molecule has 1 aromatic carbocycles. The minimum absolute atomic E-state index is 0.277. The number of rotatable bonds is 5. The average Bonchev–Trinajstić information content (AvgIpc) is 2.88. The number of hydrogen-bond donors (Lipinski definition) is 1. The van der Waals surface area contributed by atoms with E-state index in [-0.39, 0.29) is 5.91 Å². The van der Waals surface area contributed by atoms with E-state index in [9.17, 15) is 4.79 Å². The zero-order chi connectivity index (χ0) is 18.0. The van der Waals surface area contributed by atoms with Crippen LogP contribution in [-0.4, -0.2) is 27.3 Å².